The van der Waals surface area contributed by atoms with Gasteiger partial charge in [-0.25, -0.2) is 24.4 Å². The van der Waals surface area contributed by atoms with Gasteiger partial charge in [0.25, 0.3) is 0 Å². The average molecular weight is 260 g/mol. The van der Waals surface area contributed by atoms with E-state index in [9.17, 15) is 8.42 Å². The van der Waals surface area contributed by atoms with Gasteiger partial charge < -0.3 is 5.32 Å². The van der Waals surface area contributed by atoms with Crippen LogP contribution in [0, 0.1) is 6.92 Å². The van der Waals surface area contributed by atoms with Crippen molar-refractivity contribution in [3.05, 3.63) is 11.8 Å². The molecule has 0 saturated carbocycles. The Morgan fingerprint density at radius 1 is 1.47 bits per heavy atom. The second-order valence-corrected chi connectivity index (χ2v) is 5.25. The first kappa shape index (κ1) is 13.6. The van der Waals surface area contributed by atoms with Gasteiger partial charge in [-0.3, -0.25) is 5.43 Å². The number of nitrogens with one attached hydrogen (secondary N) is 2. The van der Waals surface area contributed by atoms with Gasteiger partial charge >= 0.3 is 0 Å². The Kier molecular flexibility index (Phi) is 4.61. The van der Waals surface area contributed by atoms with Gasteiger partial charge in [-0.15, -0.1) is 0 Å². The third-order valence-electron chi connectivity index (χ3n) is 2.00. The highest BCUT2D eigenvalue weighted by Crippen LogP contribution is 2.11. The molecule has 96 valence electrons. The van der Waals surface area contributed by atoms with Crippen LogP contribution >= 0.6 is 0 Å². The van der Waals surface area contributed by atoms with E-state index in [1.807, 2.05) is 6.92 Å². The molecule has 0 aliphatic carbocycles. The van der Waals surface area contributed by atoms with Crippen molar-refractivity contribution >= 4 is 21.8 Å². The first-order valence-corrected chi connectivity index (χ1v) is 6.68. The van der Waals surface area contributed by atoms with Crippen LogP contribution in [-0.4, -0.2) is 30.7 Å². The first-order valence-electron chi connectivity index (χ1n) is 4.97. The van der Waals surface area contributed by atoms with Crippen LogP contribution in [-0.2, 0) is 10.0 Å². The lowest BCUT2D eigenvalue weighted by Crippen LogP contribution is -2.19. The lowest BCUT2D eigenvalue weighted by atomic mass is 10.3. The maximum atomic E-state index is 10.7. The predicted octanol–water partition coefficient (Wildman–Crippen LogP) is -0.839. The molecule has 0 fully saturated rings. The number of nitrogens with zero attached hydrogens (tertiary/aromatic N) is 2. The minimum absolute atomic E-state index is 0.0634. The molecular weight excluding hydrogens is 244 g/mol. The Labute approximate surface area is 99.8 Å². The molecule has 0 aliphatic rings. The molecular formula is C8H16N6O2S. The maximum absolute atomic E-state index is 10.7. The highest BCUT2D eigenvalue weighted by Gasteiger charge is 2.04. The van der Waals surface area contributed by atoms with Crippen molar-refractivity contribution in [1.82, 2.24) is 9.97 Å². The summed E-state index contributed by atoms with van der Waals surface area (Å²) in [5.74, 6) is 6.03. The van der Waals surface area contributed by atoms with Crippen LogP contribution in [0.5, 0.6) is 0 Å². The van der Waals surface area contributed by atoms with Crippen molar-refractivity contribution in [1.29, 1.82) is 0 Å². The predicted molar refractivity (Wildman–Crippen MR) is 65.7 cm³/mol. The molecule has 0 spiro atoms. The van der Waals surface area contributed by atoms with Gasteiger partial charge in [0.1, 0.15) is 5.82 Å². The topological polar surface area (TPSA) is 136 Å². The number of anilines is 2. The SMILES string of the molecule is Cc1cnc(NN)nc1NCCCS(N)(=O)=O. The fraction of sp³-hybridized carbons (Fsp3) is 0.500. The van der Waals surface area contributed by atoms with Crippen LogP contribution in [0.1, 0.15) is 12.0 Å². The lowest BCUT2D eigenvalue weighted by Gasteiger charge is -2.08. The number of sulfonamides is 1. The number of rotatable bonds is 6. The van der Waals surface area contributed by atoms with E-state index in [0.29, 0.717) is 24.7 Å². The van der Waals surface area contributed by atoms with Crippen LogP contribution in [0.3, 0.4) is 0 Å². The summed E-state index contributed by atoms with van der Waals surface area (Å²) in [4.78, 5) is 8.01. The molecule has 1 aromatic rings. The summed E-state index contributed by atoms with van der Waals surface area (Å²) in [5, 5.41) is 7.88. The Morgan fingerprint density at radius 3 is 2.76 bits per heavy atom. The summed E-state index contributed by atoms with van der Waals surface area (Å²) in [6.45, 7) is 2.29. The fourth-order valence-corrected chi connectivity index (χ4v) is 1.72. The van der Waals surface area contributed by atoms with Crippen molar-refractivity contribution in [2.24, 2.45) is 11.0 Å². The van der Waals surface area contributed by atoms with E-state index in [1.165, 1.54) is 0 Å². The first-order chi connectivity index (χ1) is 7.92. The number of aromatic nitrogens is 2. The van der Waals surface area contributed by atoms with Gasteiger partial charge in [-0.2, -0.15) is 4.98 Å². The summed E-state index contributed by atoms with van der Waals surface area (Å²) in [6, 6.07) is 0. The molecule has 8 nitrogen and oxygen atoms in total. The molecule has 0 atom stereocenters. The number of hydrogen-bond donors (Lipinski definition) is 4. The third-order valence-corrected chi connectivity index (χ3v) is 2.86. The van der Waals surface area contributed by atoms with E-state index in [1.54, 1.807) is 6.20 Å². The van der Waals surface area contributed by atoms with Gasteiger partial charge in [-0.05, 0) is 13.3 Å². The number of nitrogen functional groups attached to an aromatic ring is 1. The molecule has 17 heavy (non-hydrogen) atoms. The van der Waals surface area contributed by atoms with Crippen molar-refractivity contribution < 1.29 is 8.42 Å². The van der Waals surface area contributed by atoms with Crippen LogP contribution in [0.2, 0.25) is 0 Å². The molecule has 1 rings (SSSR count). The quantitative estimate of drug-likeness (QED) is 0.297. The summed E-state index contributed by atoms with van der Waals surface area (Å²) in [7, 11) is -3.41. The average Bonchev–Trinajstić information content (AvgIpc) is 2.25. The second kappa shape index (κ2) is 5.75. The second-order valence-electron chi connectivity index (χ2n) is 3.52. The molecule has 9 heteroatoms. The maximum Gasteiger partial charge on any atom is 0.239 e. The van der Waals surface area contributed by atoms with Crippen LogP contribution in [0.25, 0.3) is 0 Å². The highest BCUT2D eigenvalue weighted by molar-refractivity contribution is 7.89. The smallest absolute Gasteiger partial charge is 0.239 e. The Hall–Kier alpha value is -1.45. The van der Waals surface area contributed by atoms with E-state index >= 15 is 0 Å². The van der Waals surface area contributed by atoms with Gasteiger partial charge in [0, 0.05) is 18.3 Å². The zero-order valence-corrected chi connectivity index (χ0v) is 10.3. The molecule has 1 aromatic heterocycles. The zero-order valence-electron chi connectivity index (χ0n) is 9.47. The van der Waals surface area contributed by atoms with Crippen molar-refractivity contribution in [3.8, 4) is 0 Å². The summed E-state index contributed by atoms with van der Waals surface area (Å²) >= 11 is 0. The van der Waals surface area contributed by atoms with Gasteiger partial charge in [0.15, 0.2) is 0 Å². The van der Waals surface area contributed by atoms with E-state index in [-0.39, 0.29) is 5.75 Å². The normalized spacial score (nSPS) is 11.2. The number of nitrogens with two attached hydrogens (primary N) is 2. The van der Waals surface area contributed by atoms with Gasteiger partial charge in [-0.1, -0.05) is 0 Å². The minimum atomic E-state index is -3.41. The standard InChI is InChI=1S/C8H16N6O2S/c1-6-5-12-8(14-9)13-7(6)11-3-2-4-17(10,15)16/h5H,2-4,9H2,1H3,(H2,10,15,16)(H2,11,12,13,14). The molecule has 0 aromatic carbocycles. The molecule has 6 N–H and O–H groups in total. The van der Waals surface area contributed by atoms with Crippen molar-refractivity contribution in [3.63, 3.8) is 0 Å². The number of hydrogen-bond acceptors (Lipinski definition) is 7. The van der Waals surface area contributed by atoms with Crippen LogP contribution in [0.15, 0.2) is 6.20 Å². The summed E-state index contributed by atoms with van der Waals surface area (Å²) < 4.78 is 21.4. The van der Waals surface area contributed by atoms with Crippen molar-refractivity contribution in [2.45, 2.75) is 13.3 Å². The molecule has 1 heterocycles. The number of hydrazine groups is 1. The number of aryl methyl sites for hydroxylation is 1. The Morgan fingerprint density at radius 2 is 2.18 bits per heavy atom. The molecule has 0 amide bonds. The molecule has 0 aliphatic heterocycles. The van der Waals surface area contributed by atoms with Gasteiger partial charge in [0.05, 0.1) is 5.75 Å². The Bertz CT molecular complexity index is 475. The number of primary sulfonamides is 1. The van der Waals surface area contributed by atoms with Crippen molar-refractivity contribution in [2.75, 3.05) is 23.0 Å². The van der Waals surface area contributed by atoms with Gasteiger partial charge in [0.2, 0.25) is 16.0 Å². The molecule has 0 unspecified atom stereocenters. The summed E-state index contributed by atoms with van der Waals surface area (Å²) in [6.07, 6.45) is 2.03. The van der Waals surface area contributed by atoms with E-state index < -0.39 is 10.0 Å². The fourth-order valence-electron chi connectivity index (χ4n) is 1.17. The molecule has 0 radical (unpaired) electrons. The van der Waals surface area contributed by atoms with E-state index in [0.717, 1.165) is 5.56 Å². The molecule has 0 saturated heterocycles. The highest BCUT2D eigenvalue weighted by atomic mass is 32.2. The summed E-state index contributed by atoms with van der Waals surface area (Å²) in [5.41, 5.74) is 3.18. The van der Waals surface area contributed by atoms with Crippen LogP contribution in [0.4, 0.5) is 11.8 Å². The molecule has 0 bridgehead atoms. The van der Waals surface area contributed by atoms with E-state index in [2.05, 4.69) is 20.7 Å². The largest absolute Gasteiger partial charge is 0.370 e. The van der Waals surface area contributed by atoms with Crippen LogP contribution < -0.4 is 21.7 Å². The lowest BCUT2D eigenvalue weighted by molar-refractivity contribution is 0.595. The Balaban J connectivity index is 2.51. The zero-order chi connectivity index (χ0) is 12.9. The van der Waals surface area contributed by atoms with E-state index in [4.69, 9.17) is 11.0 Å². The minimum Gasteiger partial charge on any atom is -0.370 e. The third kappa shape index (κ3) is 4.93. The monoisotopic (exact) mass is 260 g/mol.